The van der Waals surface area contributed by atoms with E-state index in [1.807, 2.05) is 0 Å². The number of hydrogen-bond acceptors (Lipinski definition) is 6. The average Bonchev–Trinajstić information content (AvgIpc) is 2.98. The molecule has 0 aliphatic heterocycles. The van der Waals surface area contributed by atoms with Crippen molar-refractivity contribution in [1.82, 2.24) is 21.7 Å². The van der Waals surface area contributed by atoms with Crippen molar-refractivity contribution in [2.45, 2.75) is 85.5 Å². The van der Waals surface area contributed by atoms with Gasteiger partial charge < -0.3 is 9.47 Å². The molecule has 0 spiro atoms. The van der Waals surface area contributed by atoms with Crippen LogP contribution >= 0.6 is 0 Å². The lowest BCUT2D eigenvalue weighted by Gasteiger charge is -2.10. The first-order valence-electron chi connectivity index (χ1n) is 15.3. The zero-order chi connectivity index (χ0) is 31.5. The van der Waals surface area contributed by atoms with Crippen LogP contribution in [0.1, 0.15) is 106 Å². The molecule has 0 saturated carbocycles. The molecule has 0 saturated heterocycles. The topological polar surface area (TPSA) is 135 Å². The van der Waals surface area contributed by atoms with Crippen LogP contribution in [0.15, 0.2) is 48.5 Å². The fourth-order valence-corrected chi connectivity index (χ4v) is 3.85. The average molecular weight is 597 g/mol. The molecule has 2 aromatic rings. The van der Waals surface area contributed by atoms with Crippen LogP contribution in [0.3, 0.4) is 0 Å². The highest BCUT2D eigenvalue weighted by atomic mass is 16.5. The van der Waals surface area contributed by atoms with Crippen LogP contribution in [-0.2, 0) is 9.59 Å². The molecule has 0 bridgehead atoms. The summed E-state index contributed by atoms with van der Waals surface area (Å²) in [6.45, 7) is 9.78. The minimum atomic E-state index is -0.392. The minimum absolute atomic E-state index is 0.259. The third kappa shape index (κ3) is 15.6. The van der Waals surface area contributed by atoms with E-state index in [1.54, 1.807) is 48.5 Å². The van der Waals surface area contributed by atoms with Crippen LogP contribution in [0.4, 0.5) is 0 Å². The van der Waals surface area contributed by atoms with Gasteiger partial charge in [0, 0.05) is 24.0 Å². The summed E-state index contributed by atoms with van der Waals surface area (Å²) in [5.41, 5.74) is 10.6. The van der Waals surface area contributed by atoms with Crippen LogP contribution in [0, 0.1) is 11.8 Å². The largest absolute Gasteiger partial charge is 0.494 e. The van der Waals surface area contributed by atoms with Crippen LogP contribution < -0.4 is 31.2 Å². The lowest BCUT2D eigenvalue weighted by Crippen LogP contribution is -2.41. The van der Waals surface area contributed by atoms with E-state index in [9.17, 15) is 19.2 Å². The molecule has 0 atom stereocenters. The maximum atomic E-state index is 12.3. The Kier molecular flexibility index (Phi) is 16.3. The maximum absolute atomic E-state index is 12.3. The molecule has 0 radical (unpaired) electrons. The molecule has 2 aromatic carbocycles. The van der Waals surface area contributed by atoms with Crippen LogP contribution in [0.25, 0.3) is 0 Å². The SMILES string of the molecule is CC(C)CCOc1ccc(C(=O)NNC(=O)CCCCCCCC(=O)NNC(=O)c2ccc(OCCC(C)C)cc2)cc1. The first-order valence-corrected chi connectivity index (χ1v) is 15.3. The second kappa shape index (κ2) is 19.9. The number of rotatable bonds is 18. The van der Waals surface area contributed by atoms with Gasteiger partial charge in [0.1, 0.15) is 11.5 Å². The molecule has 0 unspecified atom stereocenters. The summed E-state index contributed by atoms with van der Waals surface area (Å²) in [6.07, 6.45) is 6.38. The number of unbranched alkanes of at least 4 members (excludes halogenated alkanes) is 4. The lowest BCUT2D eigenvalue weighted by atomic mass is 10.1. The standard InChI is InChI=1S/C33H48N4O6/c1-24(2)20-22-42-28-16-12-26(13-17-28)32(40)36-34-30(38)10-8-6-5-7-9-11-31(39)35-37-33(41)27-14-18-29(19-15-27)43-23-21-25(3)4/h12-19,24-25H,5-11,20-23H2,1-4H3,(H,34,38)(H,35,39)(H,36,40)(H,37,41). The fourth-order valence-electron chi connectivity index (χ4n) is 3.85. The number of ether oxygens (including phenoxy) is 2. The molecule has 10 heteroatoms. The van der Waals surface area contributed by atoms with Crippen molar-refractivity contribution in [1.29, 1.82) is 0 Å². The lowest BCUT2D eigenvalue weighted by molar-refractivity contribution is -0.122. The highest BCUT2D eigenvalue weighted by Gasteiger charge is 2.10. The van der Waals surface area contributed by atoms with Gasteiger partial charge in [-0.05, 0) is 86.1 Å². The van der Waals surface area contributed by atoms with Gasteiger partial charge in [0.15, 0.2) is 0 Å². The fraction of sp³-hybridized carbons (Fsp3) is 0.515. The second-order valence-corrected chi connectivity index (χ2v) is 11.4. The van der Waals surface area contributed by atoms with Crippen molar-refractivity contribution in [3.05, 3.63) is 59.7 Å². The molecule has 4 amide bonds. The molecular formula is C33H48N4O6. The van der Waals surface area contributed by atoms with Crippen LogP contribution in [0.5, 0.6) is 11.5 Å². The number of carbonyl (C=O) groups excluding carboxylic acids is 4. The van der Waals surface area contributed by atoms with Crippen LogP contribution in [0.2, 0.25) is 0 Å². The Morgan fingerprint density at radius 3 is 1.23 bits per heavy atom. The van der Waals surface area contributed by atoms with Crippen molar-refractivity contribution in [2.75, 3.05) is 13.2 Å². The minimum Gasteiger partial charge on any atom is -0.494 e. The van der Waals surface area contributed by atoms with E-state index in [-0.39, 0.29) is 11.8 Å². The molecule has 0 heterocycles. The zero-order valence-corrected chi connectivity index (χ0v) is 26.0. The number of hydrazine groups is 2. The van der Waals surface area contributed by atoms with E-state index >= 15 is 0 Å². The second-order valence-electron chi connectivity index (χ2n) is 11.4. The van der Waals surface area contributed by atoms with E-state index in [1.165, 1.54) is 0 Å². The first-order chi connectivity index (χ1) is 20.6. The van der Waals surface area contributed by atoms with Crippen molar-refractivity contribution in [3.8, 4) is 11.5 Å². The third-order valence-electron chi connectivity index (χ3n) is 6.60. The number of benzene rings is 2. The quantitative estimate of drug-likeness (QED) is 0.133. The predicted molar refractivity (Wildman–Crippen MR) is 166 cm³/mol. The Balaban J connectivity index is 1.49. The Bertz CT molecular complexity index is 1040. The summed E-state index contributed by atoms with van der Waals surface area (Å²) in [5.74, 6) is 1.22. The normalized spacial score (nSPS) is 10.7. The van der Waals surface area contributed by atoms with Gasteiger partial charge in [0.05, 0.1) is 13.2 Å². The van der Waals surface area contributed by atoms with Crippen molar-refractivity contribution < 1.29 is 28.7 Å². The predicted octanol–water partition coefficient (Wildman–Crippen LogP) is 5.49. The molecule has 236 valence electrons. The summed E-state index contributed by atoms with van der Waals surface area (Å²) in [5, 5.41) is 0. The summed E-state index contributed by atoms with van der Waals surface area (Å²) < 4.78 is 11.3. The monoisotopic (exact) mass is 596 g/mol. The van der Waals surface area contributed by atoms with Crippen molar-refractivity contribution in [3.63, 3.8) is 0 Å². The van der Waals surface area contributed by atoms with Gasteiger partial charge in [0.25, 0.3) is 11.8 Å². The Morgan fingerprint density at radius 2 is 0.884 bits per heavy atom. The van der Waals surface area contributed by atoms with Crippen molar-refractivity contribution in [2.24, 2.45) is 11.8 Å². The molecule has 10 nitrogen and oxygen atoms in total. The maximum Gasteiger partial charge on any atom is 0.269 e. The Hall–Kier alpha value is -4.08. The summed E-state index contributed by atoms with van der Waals surface area (Å²) >= 11 is 0. The highest BCUT2D eigenvalue weighted by Crippen LogP contribution is 2.15. The van der Waals surface area contributed by atoms with Gasteiger partial charge >= 0.3 is 0 Å². The van der Waals surface area contributed by atoms with Crippen LogP contribution in [-0.4, -0.2) is 36.8 Å². The van der Waals surface area contributed by atoms with E-state index in [4.69, 9.17) is 9.47 Å². The van der Waals surface area contributed by atoms with Gasteiger partial charge in [-0.2, -0.15) is 0 Å². The van der Waals surface area contributed by atoms with E-state index in [0.717, 1.165) is 32.1 Å². The van der Waals surface area contributed by atoms with Gasteiger partial charge in [-0.3, -0.25) is 40.9 Å². The third-order valence-corrected chi connectivity index (χ3v) is 6.60. The summed E-state index contributed by atoms with van der Waals surface area (Å²) in [7, 11) is 0. The number of nitrogens with one attached hydrogen (secondary N) is 4. The number of carbonyl (C=O) groups is 4. The van der Waals surface area contributed by atoms with E-state index < -0.39 is 11.8 Å². The molecule has 0 fully saturated rings. The van der Waals surface area contributed by atoms with E-state index in [0.29, 0.717) is 73.4 Å². The number of hydrogen-bond donors (Lipinski definition) is 4. The summed E-state index contributed by atoms with van der Waals surface area (Å²) in [4.78, 5) is 48.6. The summed E-state index contributed by atoms with van der Waals surface area (Å²) in [6, 6.07) is 13.6. The Labute approximate surface area is 255 Å². The van der Waals surface area contributed by atoms with Gasteiger partial charge in [-0.15, -0.1) is 0 Å². The first kappa shape index (κ1) is 35.1. The molecule has 0 aromatic heterocycles. The van der Waals surface area contributed by atoms with Gasteiger partial charge in [-0.1, -0.05) is 47.0 Å². The molecule has 0 aliphatic rings. The highest BCUT2D eigenvalue weighted by molar-refractivity contribution is 5.96. The Morgan fingerprint density at radius 1 is 0.535 bits per heavy atom. The zero-order valence-electron chi connectivity index (χ0n) is 26.0. The van der Waals surface area contributed by atoms with E-state index in [2.05, 4.69) is 49.4 Å². The van der Waals surface area contributed by atoms with Gasteiger partial charge in [-0.25, -0.2) is 0 Å². The number of amides is 4. The molecular weight excluding hydrogens is 548 g/mol. The molecule has 4 N–H and O–H groups in total. The smallest absolute Gasteiger partial charge is 0.269 e. The van der Waals surface area contributed by atoms with Gasteiger partial charge in [0.2, 0.25) is 11.8 Å². The molecule has 2 rings (SSSR count). The molecule has 43 heavy (non-hydrogen) atoms. The molecule has 0 aliphatic carbocycles. The van der Waals surface area contributed by atoms with Crippen molar-refractivity contribution >= 4 is 23.6 Å².